The van der Waals surface area contributed by atoms with Gasteiger partial charge in [-0.3, -0.25) is 0 Å². The van der Waals surface area contributed by atoms with Gasteiger partial charge in [0.25, 0.3) is 0 Å². The third kappa shape index (κ3) is 5.21. The van der Waals surface area contributed by atoms with Gasteiger partial charge in [-0.25, -0.2) is 0 Å². The zero-order valence-electron chi connectivity index (χ0n) is 8.07. The van der Waals surface area contributed by atoms with Crippen molar-refractivity contribution in [3.8, 4) is 0 Å². The van der Waals surface area contributed by atoms with Crippen LogP contribution in [-0.2, 0) is 14.2 Å². The van der Waals surface area contributed by atoms with Gasteiger partial charge in [0.1, 0.15) is 6.10 Å². The van der Waals surface area contributed by atoms with Crippen molar-refractivity contribution in [3.05, 3.63) is 0 Å². The molecule has 1 heterocycles. The molecule has 1 aliphatic heterocycles. The average molecular weight is 190 g/mol. The number of aliphatic hydroxyl groups is 1. The minimum Gasteiger partial charge on any atom is -0.394 e. The van der Waals surface area contributed by atoms with Crippen LogP contribution in [0, 0.1) is 0 Å². The Morgan fingerprint density at radius 2 is 2.38 bits per heavy atom. The molecule has 0 aliphatic carbocycles. The molecule has 4 nitrogen and oxygen atoms in total. The largest absolute Gasteiger partial charge is 0.394 e. The summed E-state index contributed by atoms with van der Waals surface area (Å²) in [6, 6.07) is 0. The third-order valence-electron chi connectivity index (χ3n) is 1.91. The Bertz CT molecular complexity index is 125. The van der Waals surface area contributed by atoms with Gasteiger partial charge in [-0.1, -0.05) is 6.92 Å². The maximum Gasteiger partial charge on any atom is 0.104 e. The molecule has 0 aromatic heterocycles. The lowest BCUT2D eigenvalue weighted by Crippen LogP contribution is -2.22. The van der Waals surface area contributed by atoms with Crippen molar-refractivity contribution < 1.29 is 19.3 Å². The lowest BCUT2D eigenvalue weighted by molar-refractivity contribution is -0.0292. The summed E-state index contributed by atoms with van der Waals surface area (Å²) in [4.78, 5) is 0. The first kappa shape index (κ1) is 10.9. The Hall–Kier alpha value is -0.160. The molecule has 1 fully saturated rings. The molecular weight excluding hydrogens is 172 g/mol. The van der Waals surface area contributed by atoms with Crippen molar-refractivity contribution in [1.29, 1.82) is 0 Å². The first-order valence-corrected chi connectivity index (χ1v) is 4.78. The van der Waals surface area contributed by atoms with Crippen molar-refractivity contribution in [2.45, 2.75) is 25.6 Å². The van der Waals surface area contributed by atoms with Gasteiger partial charge in [0, 0.05) is 0 Å². The number of aliphatic hydroxyl groups excluding tert-OH is 1. The molecule has 0 spiro atoms. The quantitative estimate of drug-likeness (QED) is 0.438. The maximum atomic E-state index is 8.49. The summed E-state index contributed by atoms with van der Waals surface area (Å²) in [6.07, 6.45) is 1.38. The lowest BCUT2D eigenvalue weighted by atomic mass is 10.3. The van der Waals surface area contributed by atoms with Crippen molar-refractivity contribution in [1.82, 2.24) is 0 Å². The second kappa shape index (κ2) is 6.32. The summed E-state index contributed by atoms with van der Waals surface area (Å²) in [5.74, 6) is 0. The normalized spacial score (nSPS) is 23.1. The molecule has 0 bridgehead atoms. The van der Waals surface area contributed by atoms with E-state index in [4.69, 9.17) is 19.3 Å². The van der Waals surface area contributed by atoms with Crippen molar-refractivity contribution in [3.63, 3.8) is 0 Å². The molecule has 0 aromatic rings. The molecule has 1 N–H and O–H groups in total. The monoisotopic (exact) mass is 190 g/mol. The molecule has 0 radical (unpaired) electrons. The number of hydrogen-bond acceptors (Lipinski definition) is 4. The van der Waals surface area contributed by atoms with Crippen LogP contribution >= 0.6 is 0 Å². The predicted octanol–water partition coefficient (Wildman–Crippen LogP) is 0.189. The van der Waals surface area contributed by atoms with Crippen molar-refractivity contribution in [2.75, 3.05) is 33.0 Å². The highest BCUT2D eigenvalue weighted by molar-refractivity contribution is 4.68. The summed E-state index contributed by atoms with van der Waals surface area (Å²) in [7, 11) is 0. The topological polar surface area (TPSA) is 51.2 Å². The van der Waals surface area contributed by atoms with Gasteiger partial charge >= 0.3 is 0 Å². The Balaban J connectivity index is 1.95. The summed E-state index contributed by atoms with van der Waals surface area (Å²) in [5, 5.41) is 8.49. The van der Waals surface area contributed by atoms with Crippen LogP contribution in [0.15, 0.2) is 0 Å². The van der Waals surface area contributed by atoms with Gasteiger partial charge in [0.2, 0.25) is 0 Å². The van der Waals surface area contributed by atoms with Gasteiger partial charge in [-0.2, -0.15) is 0 Å². The molecule has 2 unspecified atom stereocenters. The Kier molecular flexibility index (Phi) is 5.31. The number of rotatable bonds is 8. The first-order chi connectivity index (χ1) is 6.36. The second-order valence-electron chi connectivity index (χ2n) is 3.12. The molecular formula is C9H18O4. The van der Waals surface area contributed by atoms with E-state index < -0.39 is 0 Å². The lowest BCUT2D eigenvalue weighted by Gasteiger charge is -2.15. The van der Waals surface area contributed by atoms with E-state index in [1.54, 1.807) is 0 Å². The smallest absolute Gasteiger partial charge is 0.104 e. The van der Waals surface area contributed by atoms with Crippen LogP contribution in [0.5, 0.6) is 0 Å². The highest BCUT2D eigenvalue weighted by Crippen LogP contribution is 2.11. The van der Waals surface area contributed by atoms with Crippen LogP contribution in [0.1, 0.15) is 13.3 Å². The number of ether oxygens (including phenoxy) is 3. The second-order valence-corrected chi connectivity index (χ2v) is 3.12. The molecule has 0 saturated carbocycles. The predicted molar refractivity (Wildman–Crippen MR) is 47.7 cm³/mol. The zero-order chi connectivity index (χ0) is 9.52. The minimum atomic E-state index is 0.0716. The molecule has 0 aromatic carbocycles. The third-order valence-corrected chi connectivity index (χ3v) is 1.91. The van der Waals surface area contributed by atoms with Crippen LogP contribution in [-0.4, -0.2) is 50.3 Å². The van der Waals surface area contributed by atoms with Crippen LogP contribution in [0.4, 0.5) is 0 Å². The standard InChI is InChI=1S/C9H18O4/c1-2-8(5-11-4-3-10)12-6-9-7-13-9/h8-10H,2-7H2,1H3. The number of epoxide rings is 1. The summed E-state index contributed by atoms with van der Waals surface area (Å²) < 4.78 is 15.7. The summed E-state index contributed by atoms with van der Waals surface area (Å²) in [5.41, 5.74) is 0. The molecule has 4 heteroatoms. The van der Waals surface area contributed by atoms with E-state index in [2.05, 4.69) is 6.92 Å². The minimum absolute atomic E-state index is 0.0716. The molecule has 13 heavy (non-hydrogen) atoms. The van der Waals surface area contributed by atoms with E-state index in [-0.39, 0.29) is 12.7 Å². The SMILES string of the molecule is CCC(COCCO)OCC1CO1. The summed E-state index contributed by atoms with van der Waals surface area (Å²) in [6.45, 7) is 4.57. The molecule has 1 rings (SSSR count). The van der Waals surface area contributed by atoms with Crippen LogP contribution in [0.25, 0.3) is 0 Å². The van der Waals surface area contributed by atoms with Gasteiger partial charge in [-0.15, -0.1) is 0 Å². The van der Waals surface area contributed by atoms with Crippen molar-refractivity contribution >= 4 is 0 Å². The van der Waals surface area contributed by atoms with E-state index >= 15 is 0 Å². The average Bonchev–Trinajstić information content (AvgIpc) is 2.94. The fourth-order valence-corrected chi connectivity index (χ4v) is 0.971. The van der Waals surface area contributed by atoms with Gasteiger partial charge in [0.15, 0.2) is 0 Å². The Morgan fingerprint density at radius 1 is 1.62 bits per heavy atom. The zero-order valence-corrected chi connectivity index (χ0v) is 8.07. The van der Waals surface area contributed by atoms with E-state index in [0.29, 0.717) is 25.9 Å². The molecule has 1 aliphatic rings. The Labute approximate surface area is 78.8 Å². The van der Waals surface area contributed by atoms with Crippen LogP contribution in [0.3, 0.4) is 0 Å². The van der Waals surface area contributed by atoms with Gasteiger partial charge in [-0.05, 0) is 6.42 Å². The fourth-order valence-electron chi connectivity index (χ4n) is 0.971. The highest BCUT2D eigenvalue weighted by Gasteiger charge is 2.23. The van der Waals surface area contributed by atoms with E-state index in [9.17, 15) is 0 Å². The van der Waals surface area contributed by atoms with E-state index in [0.717, 1.165) is 13.0 Å². The number of hydrogen-bond donors (Lipinski definition) is 1. The fraction of sp³-hybridized carbons (Fsp3) is 1.00. The van der Waals surface area contributed by atoms with Gasteiger partial charge in [0.05, 0.1) is 39.1 Å². The maximum absolute atomic E-state index is 8.49. The van der Waals surface area contributed by atoms with Crippen LogP contribution in [0.2, 0.25) is 0 Å². The molecule has 2 atom stereocenters. The Morgan fingerprint density at radius 3 is 2.92 bits per heavy atom. The summed E-state index contributed by atoms with van der Waals surface area (Å²) >= 11 is 0. The molecule has 78 valence electrons. The molecule has 0 amide bonds. The molecule has 1 saturated heterocycles. The highest BCUT2D eigenvalue weighted by atomic mass is 16.6. The van der Waals surface area contributed by atoms with Crippen LogP contribution < -0.4 is 0 Å². The first-order valence-electron chi connectivity index (χ1n) is 4.78. The van der Waals surface area contributed by atoms with Gasteiger partial charge < -0.3 is 19.3 Å². The van der Waals surface area contributed by atoms with E-state index in [1.165, 1.54) is 0 Å². The van der Waals surface area contributed by atoms with E-state index in [1.807, 2.05) is 0 Å². The van der Waals surface area contributed by atoms with Crippen molar-refractivity contribution in [2.24, 2.45) is 0 Å².